The number of rotatable bonds is 7. The van der Waals surface area contributed by atoms with Crippen molar-refractivity contribution >= 4 is 12.0 Å². The average Bonchev–Trinajstić information content (AvgIpc) is 2.71. The highest BCUT2D eigenvalue weighted by Gasteiger charge is 2.20. The van der Waals surface area contributed by atoms with Crippen molar-refractivity contribution < 1.29 is 14.7 Å². The first kappa shape index (κ1) is 14.8. The molecule has 6 heteroatoms. The van der Waals surface area contributed by atoms with Crippen LogP contribution in [0.25, 0.3) is 0 Å². The van der Waals surface area contributed by atoms with Crippen LogP contribution in [0.15, 0.2) is 0 Å². The maximum atomic E-state index is 11.4. The molecule has 104 valence electrons. The van der Waals surface area contributed by atoms with Crippen molar-refractivity contribution in [1.29, 1.82) is 0 Å². The molecule has 0 radical (unpaired) electrons. The number of urea groups is 1. The summed E-state index contributed by atoms with van der Waals surface area (Å²) < 4.78 is 0. The standard InChI is InChI=1S/C12H23N3O3/c1-15-8-4-5-10(15)9-14-12(18)13-7-3-2-6-11(16)17/h10H,2-9H2,1H3,(H,16,17)(H2,13,14,18). The number of nitrogens with zero attached hydrogens (tertiary/aromatic N) is 1. The van der Waals surface area contributed by atoms with E-state index in [-0.39, 0.29) is 12.5 Å². The van der Waals surface area contributed by atoms with E-state index in [1.165, 1.54) is 6.42 Å². The molecular formula is C12H23N3O3. The lowest BCUT2D eigenvalue weighted by molar-refractivity contribution is -0.137. The van der Waals surface area contributed by atoms with Crippen molar-refractivity contribution in [3.8, 4) is 0 Å². The van der Waals surface area contributed by atoms with E-state index in [1.807, 2.05) is 0 Å². The minimum atomic E-state index is -0.788. The van der Waals surface area contributed by atoms with Crippen LogP contribution >= 0.6 is 0 Å². The van der Waals surface area contributed by atoms with Crippen molar-refractivity contribution in [3.05, 3.63) is 0 Å². The van der Waals surface area contributed by atoms with Crippen LogP contribution in [-0.4, -0.2) is 54.7 Å². The Labute approximate surface area is 108 Å². The van der Waals surface area contributed by atoms with Crippen LogP contribution in [-0.2, 0) is 4.79 Å². The van der Waals surface area contributed by atoms with Crippen LogP contribution in [0.2, 0.25) is 0 Å². The molecular weight excluding hydrogens is 234 g/mol. The van der Waals surface area contributed by atoms with Gasteiger partial charge in [0.25, 0.3) is 0 Å². The Balaban J connectivity index is 1.98. The molecule has 1 atom stereocenters. The predicted molar refractivity (Wildman–Crippen MR) is 68.5 cm³/mol. The third-order valence-corrected chi connectivity index (χ3v) is 3.27. The zero-order valence-electron chi connectivity index (χ0n) is 10.9. The molecule has 1 heterocycles. The molecule has 1 fully saturated rings. The van der Waals surface area contributed by atoms with Gasteiger partial charge in [0.15, 0.2) is 0 Å². The summed E-state index contributed by atoms with van der Waals surface area (Å²) in [6.45, 7) is 2.31. The van der Waals surface area contributed by atoms with E-state index < -0.39 is 5.97 Å². The Kier molecular flexibility index (Phi) is 6.49. The molecule has 0 aromatic rings. The molecule has 6 nitrogen and oxygen atoms in total. The maximum absolute atomic E-state index is 11.4. The number of nitrogens with one attached hydrogen (secondary N) is 2. The summed E-state index contributed by atoms with van der Waals surface area (Å²) in [6, 6.07) is 0.286. The number of unbranched alkanes of at least 4 members (excludes halogenated alkanes) is 1. The van der Waals surface area contributed by atoms with Crippen molar-refractivity contribution in [2.45, 2.75) is 38.1 Å². The predicted octanol–water partition coefficient (Wildman–Crippen LogP) is 0.635. The van der Waals surface area contributed by atoms with Gasteiger partial charge in [-0.2, -0.15) is 0 Å². The Morgan fingerprint density at radius 1 is 1.33 bits per heavy atom. The first-order valence-corrected chi connectivity index (χ1v) is 6.53. The van der Waals surface area contributed by atoms with E-state index in [9.17, 15) is 9.59 Å². The molecule has 3 N–H and O–H groups in total. The van der Waals surface area contributed by atoms with E-state index in [0.29, 0.717) is 32.0 Å². The van der Waals surface area contributed by atoms with Gasteiger partial charge in [-0.05, 0) is 39.3 Å². The van der Waals surface area contributed by atoms with E-state index in [4.69, 9.17) is 5.11 Å². The van der Waals surface area contributed by atoms with Gasteiger partial charge in [-0.25, -0.2) is 4.79 Å². The summed E-state index contributed by atoms with van der Waals surface area (Å²) in [5.41, 5.74) is 0. The highest BCUT2D eigenvalue weighted by Crippen LogP contribution is 2.13. The molecule has 0 bridgehead atoms. The number of likely N-dealkylation sites (tertiary alicyclic amines) is 1. The number of carboxylic acids is 1. The molecule has 1 saturated heterocycles. The molecule has 0 spiro atoms. The molecule has 1 rings (SSSR count). The summed E-state index contributed by atoms with van der Waals surface area (Å²) in [6.07, 6.45) is 3.79. The first-order chi connectivity index (χ1) is 8.59. The molecule has 0 saturated carbocycles. The number of carbonyl (C=O) groups excluding carboxylic acids is 1. The monoisotopic (exact) mass is 257 g/mol. The van der Waals surface area contributed by atoms with E-state index in [1.54, 1.807) is 0 Å². The van der Waals surface area contributed by atoms with Crippen LogP contribution in [0.4, 0.5) is 4.79 Å². The molecule has 18 heavy (non-hydrogen) atoms. The lowest BCUT2D eigenvalue weighted by Gasteiger charge is -2.19. The van der Waals surface area contributed by atoms with Crippen molar-refractivity contribution in [2.24, 2.45) is 0 Å². The zero-order chi connectivity index (χ0) is 13.4. The van der Waals surface area contributed by atoms with Gasteiger partial charge in [0.1, 0.15) is 0 Å². The second-order valence-electron chi connectivity index (χ2n) is 4.76. The number of likely N-dealkylation sites (N-methyl/N-ethyl adjacent to an activating group) is 1. The second-order valence-corrected chi connectivity index (χ2v) is 4.76. The molecule has 2 amide bonds. The Morgan fingerprint density at radius 2 is 2.11 bits per heavy atom. The van der Waals surface area contributed by atoms with Crippen LogP contribution in [0, 0.1) is 0 Å². The highest BCUT2D eigenvalue weighted by atomic mass is 16.4. The number of carbonyl (C=O) groups is 2. The molecule has 1 aliphatic heterocycles. The third-order valence-electron chi connectivity index (χ3n) is 3.27. The van der Waals surface area contributed by atoms with Crippen molar-refractivity contribution in [3.63, 3.8) is 0 Å². The fourth-order valence-corrected chi connectivity index (χ4v) is 2.11. The normalized spacial score (nSPS) is 19.7. The van der Waals surface area contributed by atoms with Gasteiger partial charge in [0.2, 0.25) is 0 Å². The van der Waals surface area contributed by atoms with Crippen LogP contribution in [0.1, 0.15) is 32.1 Å². The minimum Gasteiger partial charge on any atom is -0.481 e. The Hall–Kier alpha value is -1.30. The van der Waals surface area contributed by atoms with E-state index in [2.05, 4.69) is 22.6 Å². The SMILES string of the molecule is CN1CCCC1CNC(=O)NCCCCC(=O)O. The fourth-order valence-electron chi connectivity index (χ4n) is 2.11. The zero-order valence-corrected chi connectivity index (χ0v) is 10.9. The van der Waals surface area contributed by atoms with Gasteiger partial charge in [-0.15, -0.1) is 0 Å². The first-order valence-electron chi connectivity index (χ1n) is 6.53. The highest BCUT2D eigenvalue weighted by molar-refractivity contribution is 5.73. The van der Waals surface area contributed by atoms with Gasteiger partial charge in [0.05, 0.1) is 0 Å². The largest absolute Gasteiger partial charge is 0.481 e. The van der Waals surface area contributed by atoms with Crippen LogP contribution < -0.4 is 10.6 Å². The number of aliphatic carboxylic acids is 1. The van der Waals surface area contributed by atoms with Gasteiger partial charge < -0.3 is 20.6 Å². The van der Waals surface area contributed by atoms with Gasteiger partial charge in [-0.1, -0.05) is 0 Å². The molecule has 1 unspecified atom stereocenters. The van der Waals surface area contributed by atoms with E-state index >= 15 is 0 Å². The van der Waals surface area contributed by atoms with Crippen molar-refractivity contribution in [1.82, 2.24) is 15.5 Å². The summed E-state index contributed by atoms with van der Waals surface area (Å²) >= 11 is 0. The molecule has 0 aliphatic carbocycles. The lowest BCUT2D eigenvalue weighted by Crippen LogP contribution is -2.43. The maximum Gasteiger partial charge on any atom is 0.314 e. The topological polar surface area (TPSA) is 81.7 Å². The number of amides is 2. The molecule has 0 aromatic heterocycles. The fraction of sp³-hybridized carbons (Fsp3) is 0.833. The van der Waals surface area contributed by atoms with Crippen molar-refractivity contribution in [2.75, 3.05) is 26.7 Å². The molecule has 0 aromatic carbocycles. The summed E-state index contributed by atoms with van der Waals surface area (Å²) in [4.78, 5) is 24.0. The van der Waals surface area contributed by atoms with Gasteiger partial charge in [0, 0.05) is 25.6 Å². The van der Waals surface area contributed by atoms with E-state index in [0.717, 1.165) is 13.0 Å². The third kappa shape index (κ3) is 5.86. The summed E-state index contributed by atoms with van der Waals surface area (Å²) in [5, 5.41) is 14.0. The van der Waals surface area contributed by atoms with Crippen LogP contribution in [0.5, 0.6) is 0 Å². The minimum absolute atomic E-state index is 0.161. The summed E-state index contributed by atoms with van der Waals surface area (Å²) in [7, 11) is 2.07. The number of hydrogen-bond donors (Lipinski definition) is 3. The van der Waals surface area contributed by atoms with Gasteiger partial charge in [-0.3, -0.25) is 4.79 Å². The quantitative estimate of drug-likeness (QED) is 0.584. The number of carboxylic acid groups (broad SMARTS) is 1. The number of hydrogen-bond acceptors (Lipinski definition) is 3. The Morgan fingerprint density at radius 3 is 2.72 bits per heavy atom. The Bertz CT molecular complexity index is 284. The van der Waals surface area contributed by atoms with Gasteiger partial charge >= 0.3 is 12.0 Å². The second kappa shape index (κ2) is 7.92. The smallest absolute Gasteiger partial charge is 0.314 e. The summed E-state index contributed by atoms with van der Waals surface area (Å²) in [5.74, 6) is -0.788. The molecule has 1 aliphatic rings. The van der Waals surface area contributed by atoms with Crippen LogP contribution in [0.3, 0.4) is 0 Å². The average molecular weight is 257 g/mol. The lowest BCUT2D eigenvalue weighted by atomic mass is 10.2.